The molecule has 2 rings (SSSR count). The fourth-order valence-corrected chi connectivity index (χ4v) is 2.45. The van der Waals surface area contributed by atoms with Gasteiger partial charge >= 0.3 is 6.18 Å². The molecular formula is C12H18F3N3. The highest BCUT2D eigenvalue weighted by molar-refractivity contribution is 5.17. The van der Waals surface area contributed by atoms with Gasteiger partial charge in [-0.1, -0.05) is 13.8 Å². The molecule has 1 unspecified atom stereocenters. The Hall–Kier alpha value is -1.04. The van der Waals surface area contributed by atoms with Crippen molar-refractivity contribution in [2.24, 2.45) is 11.7 Å². The van der Waals surface area contributed by atoms with Gasteiger partial charge in [-0.15, -0.1) is 0 Å². The molecule has 1 aromatic rings. The number of hydrogen-bond donors (Lipinski definition) is 1. The lowest BCUT2D eigenvalue weighted by atomic mass is 9.92. The van der Waals surface area contributed by atoms with Crippen LogP contribution in [0.15, 0.2) is 12.5 Å². The monoisotopic (exact) mass is 261 g/mol. The molecule has 0 radical (unpaired) electrons. The van der Waals surface area contributed by atoms with Crippen LogP contribution in [0.1, 0.15) is 38.3 Å². The summed E-state index contributed by atoms with van der Waals surface area (Å²) in [6.07, 6.45) is -1.15. The third-order valence-corrected chi connectivity index (χ3v) is 3.82. The van der Waals surface area contributed by atoms with E-state index in [1.807, 2.05) is 13.8 Å². The van der Waals surface area contributed by atoms with E-state index in [9.17, 15) is 13.2 Å². The highest BCUT2D eigenvalue weighted by Gasteiger charge is 2.65. The Kier molecular flexibility index (Phi) is 3.17. The van der Waals surface area contributed by atoms with Gasteiger partial charge in [-0.05, 0) is 18.8 Å². The lowest BCUT2D eigenvalue weighted by molar-refractivity contribution is -0.180. The number of nitrogens with zero attached hydrogens (tertiary/aromatic N) is 2. The first kappa shape index (κ1) is 13.4. The maximum atomic E-state index is 13.1. The summed E-state index contributed by atoms with van der Waals surface area (Å²) in [5, 5.41) is 0. The molecule has 6 heteroatoms. The molecule has 0 aromatic carbocycles. The first-order valence-electron chi connectivity index (χ1n) is 6.13. The second kappa shape index (κ2) is 4.26. The Bertz CT molecular complexity index is 418. The van der Waals surface area contributed by atoms with Crippen LogP contribution in [0.2, 0.25) is 0 Å². The van der Waals surface area contributed by atoms with Gasteiger partial charge in [-0.2, -0.15) is 13.2 Å². The predicted molar refractivity (Wildman–Crippen MR) is 62.1 cm³/mol. The van der Waals surface area contributed by atoms with Crippen LogP contribution >= 0.6 is 0 Å². The van der Waals surface area contributed by atoms with Crippen molar-refractivity contribution >= 4 is 0 Å². The summed E-state index contributed by atoms with van der Waals surface area (Å²) in [6, 6.07) is 0. The van der Waals surface area contributed by atoms with Gasteiger partial charge in [0.05, 0.1) is 6.33 Å². The SMILES string of the molecule is CC(C)C(CN)c1cncn1C1(C(F)(F)F)CC1. The Balaban J connectivity index is 2.40. The van der Waals surface area contributed by atoms with Crippen LogP contribution in [0.25, 0.3) is 0 Å². The maximum absolute atomic E-state index is 13.1. The Morgan fingerprint density at radius 3 is 2.44 bits per heavy atom. The van der Waals surface area contributed by atoms with Crippen molar-refractivity contribution in [3.63, 3.8) is 0 Å². The largest absolute Gasteiger partial charge is 0.411 e. The molecule has 1 atom stereocenters. The van der Waals surface area contributed by atoms with Crippen molar-refractivity contribution in [2.45, 2.75) is 44.3 Å². The summed E-state index contributed by atoms with van der Waals surface area (Å²) in [5.74, 6) is 0.0989. The van der Waals surface area contributed by atoms with Crippen LogP contribution in [0.4, 0.5) is 13.2 Å². The molecular weight excluding hydrogens is 243 g/mol. The van der Waals surface area contributed by atoms with Gasteiger partial charge in [-0.25, -0.2) is 4.98 Å². The van der Waals surface area contributed by atoms with E-state index in [-0.39, 0.29) is 24.7 Å². The summed E-state index contributed by atoms with van der Waals surface area (Å²) in [5.41, 5.74) is 4.55. The van der Waals surface area contributed by atoms with Crippen LogP contribution in [-0.4, -0.2) is 22.3 Å². The van der Waals surface area contributed by atoms with Crippen LogP contribution in [0.3, 0.4) is 0 Å². The third kappa shape index (κ3) is 1.92. The van der Waals surface area contributed by atoms with Crippen molar-refractivity contribution in [3.8, 4) is 0 Å². The van der Waals surface area contributed by atoms with Crippen molar-refractivity contribution in [2.75, 3.05) is 6.54 Å². The Morgan fingerprint density at radius 1 is 1.44 bits per heavy atom. The molecule has 3 nitrogen and oxygen atoms in total. The van der Waals surface area contributed by atoms with Crippen molar-refractivity contribution in [1.82, 2.24) is 9.55 Å². The zero-order chi connectivity index (χ0) is 13.6. The number of hydrogen-bond acceptors (Lipinski definition) is 2. The first-order valence-corrected chi connectivity index (χ1v) is 6.13. The lowest BCUT2D eigenvalue weighted by Crippen LogP contribution is -2.37. The van der Waals surface area contributed by atoms with E-state index in [2.05, 4.69) is 4.98 Å². The third-order valence-electron chi connectivity index (χ3n) is 3.82. The molecule has 1 aromatic heterocycles. The van der Waals surface area contributed by atoms with Crippen LogP contribution in [-0.2, 0) is 5.54 Å². The minimum absolute atomic E-state index is 0.0904. The van der Waals surface area contributed by atoms with Gasteiger partial charge in [0.2, 0.25) is 0 Å². The van der Waals surface area contributed by atoms with Gasteiger partial charge < -0.3 is 10.3 Å². The molecule has 2 N–H and O–H groups in total. The standard InChI is InChI=1S/C12H18F3N3/c1-8(2)9(5-16)10-6-17-7-18(10)11(3-4-11)12(13,14)15/h6-9H,3-5,16H2,1-2H3. The molecule has 0 saturated heterocycles. The fourth-order valence-electron chi connectivity index (χ4n) is 2.45. The average molecular weight is 261 g/mol. The van der Waals surface area contributed by atoms with Crippen LogP contribution in [0, 0.1) is 5.92 Å². The van der Waals surface area contributed by atoms with Gasteiger partial charge in [0.25, 0.3) is 0 Å². The zero-order valence-electron chi connectivity index (χ0n) is 10.5. The van der Waals surface area contributed by atoms with Gasteiger partial charge in [0.15, 0.2) is 0 Å². The summed E-state index contributed by atoms with van der Waals surface area (Å²) >= 11 is 0. The van der Waals surface area contributed by atoms with Crippen molar-refractivity contribution in [3.05, 3.63) is 18.2 Å². The van der Waals surface area contributed by atoms with E-state index < -0.39 is 11.7 Å². The fraction of sp³-hybridized carbons (Fsp3) is 0.750. The number of aromatic nitrogens is 2. The second-order valence-corrected chi connectivity index (χ2v) is 5.30. The van der Waals surface area contributed by atoms with E-state index in [0.717, 1.165) is 0 Å². The summed E-state index contributed by atoms with van der Waals surface area (Å²) in [6.45, 7) is 4.25. The molecule has 18 heavy (non-hydrogen) atoms. The smallest absolute Gasteiger partial charge is 0.330 e. The topological polar surface area (TPSA) is 43.8 Å². The van der Waals surface area contributed by atoms with Gasteiger partial charge in [0, 0.05) is 24.4 Å². The summed E-state index contributed by atoms with van der Waals surface area (Å²) in [4.78, 5) is 3.90. The molecule has 1 aliphatic rings. The molecule has 1 aliphatic carbocycles. The molecule has 0 spiro atoms. The molecule has 0 amide bonds. The van der Waals surface area contributed by atoms with E-state index in [1.54, 1.807) is 0 Å². The number of nitrogens with two attached hydrogens (primary N) is 1. The molecule has 1 heterocycles. The minimum atomic E-state index is -4.22. The lowest BCUT2D eigenvalue weighted by Gasteiger charge is -2.27. The Labute approximate surface area is 104 Å². The highest BCUT2D eigenvalue weighted by Crippen LogP contribution is 2.56. The molecule has 0 bridgehead atoms. The predicted octanol–water partition coefficient (Wildman–Crippen LogP) is 2.63. The Morgan fingerprint density at radius 2 is 2.06 bits per heavy atom. The van der Waals surface area contributed by atoms with E-state index in [4.69, 9.17) is 5.73 Å². The normalized spacial score (nSPS) is 20.2. The average Bonchev–Trinajstić information content (AvgIpc) is 2.94. The molecule has 0 aliphatic heterocycles. The molecule has 102 valence electrons. The van der Waals surface area contributed by atoms with Gasteiger partial charge in [-0.3, -0.25) is 0 Å². The van der Waals surface area contributed by atoms with Crippen molar-refractivity contribution in [1.29, 1.82) is 0 Å². The molecule has 1 fully saturated rings. The maximum Gasteiger partial charge on any atom is 0.411 e. The number of rotatable bonds is 4. The number of imidazole rings is 1. The quantitative estimate of drug-likeness (QED) is 0.905. The molecule has 1 saturated carbocycles. The highest BCUT2D eigenvalue weighted by atomic mass is 19.4. The minimum Gasteiger partial charge on any atom is -0.330 e. The zero-order valence-corrected chi connectivity index (χ0v) is 10.5. The first-order chi connectivity index (χ1) is 8.33. The summed E-state index contributed by atoms with van der Waals surface area (Å²) < 4.78 is 40.7. The van der Waals surface area contributed by atoms with E-state index in [0.29, 0.717) is 12.2 Å². The van der Waals surface area contributed by atoms with Crippen LogP contribution in [0.5, 0.6) is 0 Å². The van der Waals surface area contributed by atoms with E-state index in [1.165, 1.54) is 17.1 Å². The second-order valence-electron chi connectivity index (χ2n) is 5.30. The van der Waals surface area contributed by atoms with Gasteiger partial charge in [0.1, 0.15) is 5.54 Å². The van der Waals surface area contributed by atoms with Crippen molar-refractivity contribution < 1.29 is 13.2 Å². The number of halogens is 3. The summed E-state index contributed by atoms with van der Waals surface area (Å²) in [7, 11) is 0. The van der Waals surface area contributed by atoms with Crippen LogP contribution < -0.4 is 5.73 Å². The number of alkyl halides is 3. The van der Waals surface area contributed by atoms with E-state index >= 15 is 0 Å².